The van der Waals surface area contributed by atoms with Gasteiger partial charge in [-0.3, -0.25) is 9.13 Å². The molecule has 0 aliphatic carbocycles. The molecule has 5 heterocycles. The lowest BCUT2D eigenvalue weighted by atomic mass is 10.1. The Morgan fingerprint density at radius 2 is 0.789 bits per heavy atom. The molecule has 0 unspecified atom stereocenters. The molecule has 1 aliphatic rings. The molecule has 0 atom stereocenters. The van der Waals surface area contributed by atoms with E-state index in [4.69, 9.17) is 14.7 Å². The van der Waals surface area contributed by atoms with Crippen LogP contribution in [0.15, 0.2) is 334 Å². The van der Waals surface area contributed by atoms with Crippen LogP contribution in [0.25, 0.3) is 94.1 Å². The summed E-state index contributed by atoms with van der Waals surface area (Å²) < 4.78 is 14.2. The zero-order valence-corrected chi connectivity index (χ0v) is 50.9. The summed E-state index contributed by atoms with van der Waals surface area (Å²) in [4.78, 5) is 11.6. The number of ether oxygens (including phenoxy) is 1. The van der Waals surface area contributed by atoms with E-state index in [9.17, 15) is 0 Å². The number of rotatable bonds is 10. The Labute approximate surface area is 522 Å². The molecule has 422 valence electrons. The van der Waals surface area contributed by atoms with Gasteiger partial charge in [-0.25, -0.2) is 4.98 Å². The number of aromatic nitrogens is 5. The van der Waals surface area contributed by atoms with E-state index in [0.717, 1.165) is 99.7 Å². The van der Waals surface area contributed by atoms with Gasteiger partial charge in [0.2, 0.25) is 5.95 Å². The van der Waals surface area contributed by atoms with Gasteiger partial charge in [0.25, 0.3) is 0 Å². The molecule has 0 fully saturated rings. The smallest absolute Gasteiger partial charge is 0.237 e. The van der Waals surface area contributed by atoms with Crippen LogP contribution in [0.5, 0.6) is 11.5 Å². The normalized spacial score (nSPS) is 12.8. The molecule has 90 heavy (non-hydrogen) atoms. The highest BCUT2D eigenvalue weighted by Gasteiger charge is 2.48. The fraction of sp³-hybridized carbons (Fsp3) is 0. The minimum absolute atomic E-state index is 0.578. The molecule has 6 nitrogen and oxygen atoms in total. The molecule has 0 spiro atoms. The maximum absolute atomic E-state index is 7.01. The number of hydrogen-bond acceptors (Lipinski definition) is 3. The van der Waals surface area contributed by atoms with Gasteiger partial charge in [-0.1, -0.05) is 261 Å². The highest BCUT2D eigenvalue weighted by atomic mass is 28.3. The number of nitrogens with zero attached hydrogens (tertiary/aromatic N) is 5. The number of fused-ring (bicyclic) bond motifs is 12. The van der Waals surface area contributed by atoms with Crippen LogP contribution >= 0.6 is 0 Å². The third kappa shape index (κ3) is 7.62. The van der Waals surface area contributed by atoms with Crippen LogP contribution in [0.1, 0.15) is 0 Å². The van der Waals surface area contributed by atoms with Gasteiger partial charge in [0.1, 0.15) is 17.3 Å². The molecule has 1 aliphatic heterocycles. The second-order valence-electron chi connectivity index (χ2n) is 23.5. The van der Waals surface area contributed by atoms with Crippen LogP contribution in [0.3, 0.4) is 0 Å². The molecule has 17 aromatic rings. The predicted octanol–water partition coefficient (Wildman–Crippen LogP) is 14.3. The van der Waals surface area contributed by atoms with Gasteiger partial charge in [-0.15, -0.1) is 0 Å². The maximum Gasteiger partial charge on any atom is 0.237 e. The number of para-hydroxylation sites is 5. The van der Waals surface area contributed by atoms with Crippen molar-refractivity contribution in [2.75, 3.05) is 0 Å². The van der Waals surface area contributed by atoms with Gasteiger partial charge in [0, 0.05) is 49.6 Å². The quantitative estimate of drug-likeness (QED) is 0.101. The van der Waals surface area contributed by atoms with Crippen LogP contribution in [0, 0.1) is 0 Å². The SMILES string of the molecule is c1ccc([Si](c2ccccc2)(c2ccccc2)c2cccc(-n3c4ccccc4c4c3ccc3c5ccccc5n(-c5cc(-c6ccc7c(c6)[Si](c6ccccc6)(c6ccccc6)c6ccccc6O7)nc(-n6c7ccccc7c7ccccc76)n5)c34)c2)cc1. The third-order valence-electron chi connectivity index (χ3n) is 18.9. The zero-order valence-electron chi connectivity index (χ0n) is 48.9. The lowest BCUT2D eigenvalue weighted by Gasteiger charge is -2.39. The van der Waals surface area contributed by atoms with Gasteiger partial charge >= 0.3 is 0 Å². The Balaban J connectivity index is 0.921. The Hall–Kier alpha value is -11.4. The minimum Gasteiger partial charge on any atom is -0.458 e. The number of benzene rings is 13. The van der Waals surface area contributed by atoms with Gasteiger partial charge in [0.15, 0.2) is 16.1 Å². The molecular weight excluding hydrogens is 1130 g/mol. The summed E-state index contributed by atoms with van der Waals surface area (Å²) in [6.45, 7) is 0. The fourth-order valence-electron chi connectivity index (χ4n) is 15.3. The average molecular weight is 1180 g/mol. The average Bonchev–Trinajstić information content (AvgIpc) is 1.22. The third-order valence-corrected chi connectivity index (χ3v) is 28.5. The summed E-state index contributed by atoms with van der Waals surface area (Å²) in [5.74, 6) is 3.08. The summed E-state index contributed by atoms with van der Waals surface area (Å²) in [6.07, 6.45) is 0. The van der Waals surface area contributed by atoms with Crippen molar-refractivity contribution in [2.24, 2.45) is 0 Å². The Bertz CT molecular complexity index is 5460. The highest BCUT2D eigenvalue weighted by molar-refractivity contribution is 7.21. The van der Waals surface area contributed by atoms with Crippen molar-refractivity contribution < 1.29 is 4.74 Å². The standard InChI is InChI=1S/C82H55N5OSi2/c1-6-28-58(29-7-1)89(59-30-8-2-9-31-59,60-32-10-3-11-33-60)63-38-26-27-57(54-63)85-73-46-23-19-42-68(73)80-74(85)51-50-67-66-41-18-22-45-72(66)87(81(67)80)79-55-69(83-82(84-79)86-70-43-20-16-39-64(70)65-40-17-21-44-71(65)86)56-49-52-76-78(53-56)90(61-34-12-4-13-35-61,62-36-14-5-15-37-62)77-48-25-24-47-75(77)88-76/h1-55H. The molecule has 18 rings (SSSR count). The van der Waals surface area contributed by atoms with Crippen molar-refractivity contribution in [3.05, 3.63) is 334 Å². The van der Waals surface area contributed by atoms with E-state index in [2.05, 4.69) is 347 Å². The van der Waals surface area contributed by atoms with Crippen molar-refractivity contribution >= 4 is 123 Å². The molecular formula is C82H55N5OSi2. The first-order valence-corrected chi connectivity index (χ1v) is 34.8. The van der Waals surface area contributed by atoms with Crippen LogP contribution in [-0.4, -0.2) is 39.8 Å². The Kier molecular flexibility index (Phi) is 11.9. The van der Waals surface area contributed by atoms with Crippen LogP contribution < -0.4 is 46.2 Å². The van der Waals surface area contributed by atoms with Gasteiger partial charge in [-0.2, -0.15) is 4.98 Å². The first-order valence-electron chi connectivity index (χ1n) is 30.8. The van der Waals surface area contributed by atoms with Crippen molar-refractivity contribution in [3.8, 4) is 40.2 Å². The highest BCUT2D eigenvalue weighted by Crippen LogP contribution is 2.43. The second kappa shape index (κ2) is 20.6. The molecule has 13 aromatic carbocycles. The summed E-state index contributed by atoms with van der Waals surface area (Å²) in [6, 6.07) is 123. The molecule has 0 bridgehead atoms. The van der Waals surface area contributed by atoms with Crippen LogP contribution in [-0.2, 0) is 0 Å². The van der Waals surface area contributed by atoms with Gasteiger partial charge < -0.3 is 9.30 Å². The van der Waals surface area contributed by atoms with Gasteiger partial charge in [-0.05, 0) is 108 Å². The molecule has 4 aromatic heterocycles. The van der Waals surface area contributed by atoms with E-state index >= 15 is 0 Å². The van der Waals surface area contributed by atoms with Gasteiger partial charge in [0.05, 0.1) is 38.8 Å². The lowest BCUT2D eigenvalue weighted by Crippen LogP contribution is -2.76. The monoisotopic (exact) mass is 1180 g/mol. The summed E-state index contributed by atoms with van der Waals surface area (Å²) in [5, 5.41) is 17.1. The van der Waals surface area contributed by atoms with Crippen molar-refractivity contribution in [2.45, 2.75) is 0 Å². The lowest BCUT2D eigenvalue weighted by molar-refractivity contribution is 0.487. The van der Waals surface area contributed by atoms with Crippen LogP contribution in [0.4, 0.5) is 0 Å². The van der Waals surface area contributed by atoms with E-state index in [0.29, 0.717) is 5.95 Å². The van der Waals surface area contributed by atoms with Crippen molar-refractivity contribution in [1.82, 2.24) is 23.7 Å². The van der Waals surface area contributed by atoms with Crippen LogP contribution in [0.2, 0.25) is 0 Å². The first kappa shape index (κ1) is 51.8. The summed E-state index contributed by atoms with van der Waals surface area (Å²) in [5.41, 5.74) is 9.28. The molecule has 0 N–H and O–H groups in total. The maximum atomic E-state index is 7.01. The Morgan fingerprint density at radius 1 is 0.311 bits per heavy atom. The predicted molar refractivity (Wildman–Crippen MR) is 378 cm³/mol. The van der Waals surface area contributed by atoms with E-state index < -0.39 is 16.1 Å². The fourth-order valence-corrected chi connectivity index (χ4v) is 25.0. The van der Waals surface area contributed by atoms with E-state index in [1.165, 1.54) is 41.5 Å². The summed E-state index contributed by atoms with van der Waals surface area (Å²) >= 11 is 0. The minimum atomic E-state index is -3.05. The zero-order chi connectivity index (χ0) is 59.3. The number of hydrogen-bond donors (Lipinski definition) is 0. The van der Waals surface area contributed by atoms with E-state index in [1.807, 2.05) is 0 Å². The van der Waals surface area contributed by atoms with E-state index in [-0.39, 0.29) is 0 Å². The first-order chi connectivity index (χ1) is 44.7. The molecule has 0 saturated carbocycles. The largest absolute Gasteiger partial charge is 0.458 e. The molecule has 0 saturated heterocycles. The molecule has 8 heteroatoms. The van der Waals surface area contributed by atoms with Crippen molar-refractivity contribution in [3.63, 3.8) is 0 Å². The topological polar surface area (TPSA) is 49.8 Å². The molecule has 0 amide bonds. The Morgan fingerprint density at radius 3 is 1.39 bits per heavy atom. The molecule has 0 radical (unpaired) electrons. The second-order valence-corrected chi connectivity index (χ2v) is 31.1. The van der Waals surface area contributed by atoms with Crippen molar-refractivity contribution in [1.29, 1.82) is 0 Å². The van der Waals surface area contributed by atoms with E-state index in [1.54, 1.807) is 0 Å². The summed E-state index contributed by atoms with van der Waals surface area (Å²) in [7, 11) is -5.95.